The van der Waals surface area contributed by atoms with Crippen molar-refractivity contribution in [3.63, 3.8) is 0 Å². The van der Waals surface area contributed by atoms with Crippen LogP contribution in [0.5, 0.6) is 0 Å². The molecule has 16 heavy (non-hydrogen) atoms. The minimum Gasteiger partial charge on any atom is -0.351 e. The molecular formula is C12H14F2N2. The number of aromatic nitrogens is 1. The quantitative estimate of drug-likeness (QED) is 0.852. The van der Waals surface area contributed by atoms with Gasteiger partial charge in [0, 0.05) is 25.2 Å². The van der Waals surface area contributed by atoms with Crippen molar-refractivity contribution in [1.82, 2.24) is 4.57 Å². The number of aryl methyl sites for hydroxylation is 1. The van der Waals surface area contributed by atoms with E-state index in [2.05, 4.69) is 0 Å². The van der Waals surface area contributed by atoms with Gasteiger partial charge in [-0.2, -0.15) is 0 Å². The van der Waals surface area contributed by atoms with E-state index in [1.807, 2.05) is 29.9 Å². The number of hydrogen-bond donors (Lipinski definition) is 1. The van der Waals surface area contributed by atoms with Crippen molar-refractivity contribution in [2.24, 2.45) is 12.8 Å². The zero-order chi connectivity index (χ0) is 11.8. The fourth-order valence-corrected chi connectivity index (χ4v) is 1.79. The Hall–Kier alpha value is -1.42. The molecule has 0 radical (unpaired) electrons. The van der Waals surface area contributed by atoms with Crippen LogP contribution >= 0.6 is 0 Å². The summed E-state index contributed by atoms with van der Waals surface area (Å²) in [5.74, 6) is -2.82. The van der Waals surface area contributed by atoms with Crippen LogP contribution in [0.2, 0.25) is 0 Å². The summed E-state index contributed by atoms with van der Waals surface area (Å²) < 4.78 is 28.2. The lowest BCUT2D eigenvalue weighted by Gasteiger charge is -2.13. The number of halogens is 2. The van der Waals surface area contributed by atoms with E-state index in [4.69, 9.17) is 5.73 Å². The van der Waals surface area contributed by atoms with Crippen molar-refractivity contribution in [3.05, 3.63) is 36.0 Å². The van der Waals surface area contributed by atoms with Crippen LogP contribution in [0.25, 0.3) is 10.9 Å². The third kappa shape index (κ3) is 2.07. The van der Waals surface area contributed by atoms with Gasteiger partial charge in [0.25, 0.3) is 5.92 Å². The number of nitrogens with two attached hydrogens (primary N) is 1. The van der Waals surface area contributed by atoms with E-state index in [-0.39, 0.29) is 6.42 Å². The Balaban J connectivity index is 2.35. The van der Waals surface area contributed by atoms with Crippen LogP contribution in [0.3, 0.4) is 0 Å². The molecule has 2 nitrogen and oxygen atoms in total. The maximum absolute atomic E-state index is 13.1. The number of hydrogen-bond acceptors (Lipinski definition) is 1. The molecule has 0 aliphatic carbocycles. The number of rotatable bonds is 3. The Morgan fingerprint density at radius 2 is 2.06 bits per heavy atom. The van der Waals surface area contributed by atoms with E-state index in [0.717, 1.165) is 10.9 Å². The van der Waals surface area contributed by atoms with Crippen molar-refractivity contribution in [1.29, 1.82) is 0 Å². The summed E-state index contributed by atoms with van der Waals surface area (Å²) in [4.78, 5) is 0. The van der Waals surface area contributed by atoms with Gasteiger partial charge in [-0.3, -0.25) is 0 Å². The molecule has 0 saturated carbocycles. The maximum atomic E-state index is 13.1. The fourth-order valence-electron chi connectivity index (χ4n) is 1.79. The number of nitrogens with zero attached hydrogens (tertiary/aromatic N) is 1. The Morgan fingerprint density at radius 1 is 1.31 bits per heavy atom. The summed E-state index contributed by atoms with van der Waals surface area (Å²) in [6, 6.07) is 7.34. The van der Waals surface area contributed by atoms with E-state index in [0.29, 0.717) is 5.56 Å². The standard InChI is InChI=1S/C12H14F2N2/c1-16-5-4-10-3-2-9(6-11(10)16)7-12(13,14)8-15/h2-6H,7-8,15H2,1H3. The molecule has 0 aliphatic heterocycles. The molecular weight excluding hydrogens is 210 g/mol. The first-order valence-electron chi connectivity index (χ1n) is 5.14. The van der Waals surface area contributed by atoms with Gasteiger partial charge in [0.1, 0.15) is 0 Å². The first kappa shape index (κ1) is 11.1. The number of fused-ring (bicyclic) bond motifs is 1. The Morgan fingerprint density at radius 3 is 2.75 bits per heavy atom. The molecule has 0 aliphatic rings. The Labute approximate surface area is 92.7 Å². The van der Waals surface area contributed by atoms with Crippen molar-refractivity contribution in [2.75, 3.05) is 6.54 Å². The zero-order valence-electron chi connectivity index (χ0n) is 9.08. The van der Waals surface area contributed by atoms with Crippen molar-refractivity contribution < 1.29 is 8.78 Å². The summed E-state index contributed by atoms with van der Waals surface area (Å²) in [5, 5.41) is 1.06. The van der Waals surface area contributed by atoms with Gasteiger partial charge in [0.2, 0.25) is 0 Å². The van der Waals surface area contributed by atoms with Crippen molar-refractivity contribution >= 4 is 10.9 Å². The largest absolute Gasteiger partial charge is 0.351 e. The summed E-state index contributed by atoms with van der Waals surface area (Å²) in [6.45, 7) is -0.613. The van der Waals surface area contributed by atoms with Gasteiger partial charge in [-0.15, -0.1) is 0 Å². The molecule has 1 aromatic heterocycles. The second kappa shape index (κ2) is 3.87. The molecule has 1 aromatic carbocycles. The number of benzene rings is 1. The van der Waals surface area contributed by atoms with Crippen LogP contribution in [0, 0.1) is 0 Å². The van der Waals surface area contributed by atoms with Crippen LogP contribution in [0.15, 0.2) is 30.5 Å². The van der Waals surface area contributed by atoms with Crippen LogP contribution in [-0.2, 0) is 13.5 Å². The van der Waals surface area contributed by atoms with Crippen LogP contribution in [-0.4, -0.2) is 17.0 Å². The first-order valence-corrected chi connectivity index (χ1v) is 5.14. The average Bonchev–Trinajstić information content (AvgIpc) is 2.60. The lowest BCUT2D eigenvalue weighted by molar-refractivity contribution is 0.0115. The van der Waals surface area contributed by atoms with Crippen LogP contribution in [0.1, 0.15) is 5.56 Å². The molecule has 0 unspecified atom stereocenters. The molecule has 2 rings (SSSR count). The van der Waals surface area contributed by atoms with Crippen molar-refractivity contribution in [3.8, 4) is 0 Å². The topological polar surface area (TPSA) is 30.9 Å². The van der Waals surface area contributed by atoms with E-state index < -0.39 is 12.5 Å². The highest BCUT2D eigenvalue weighted by molar-refractivity contribution is 5.80. The maximum Gasteiger partial charge on any atom is 0.264 e. The van der Waals surface area contributed by atoms with Gasteiger partial charge in [-0.1, -0.05) is 12.1 Å². The van der Waals surface area contributed by atoms with E-state index in [1.54, 1.807) is 12.1 Å². The van der Waals surface area contributed by atoms with Crippen molar-refractivity contribution in [2.45, 2.75) is 12.3 Å². The highest BCUT2D eigenvalue weighted by atomic mass is 19.3. The normalized spacial score (nSPS) is 12.2. The van der Waals surface area contributed by atoms with E-state index >= 15 is 0 Å². The molecule has 0 atom stereocenters. The fraction of sp³-hybridized carbons (Fsp3) is 0.333. The minimum absolute atomic E-state index is 0.301. The molecule has 2 N–H and O–H groups in total. The summed E-state index contributed by atoms with van der Waals surface area (Å²) in [5.41, 5.74) is 6.60. The minimum atomic E-state index is -2.82. The van der Waals surface area contributed by atoms with Gasteiger partial charge >= 0.3 is 0 Å². The predicted octanol–water partition coefficient (Wildman–Crippen LogP) is 2.31. The lowest BCUT2D eigenvalue weighted by atomic mass is 10.1. The second-order valence-corrected chi connectivity index (χ2v) is 4.06. The smallest absolute Gasteiger partial charge is 0.264 e. The van der Waals surface area contributed by atoms with Gasteiger partial charge in [-0.05, 0) is 23.1 Å². The second-order valence-electron chi connectivity index (χ2n) is 4.06. The Bertz CT molecular complexity index is 503. The molecule has 4 heteroatoms. The first-order chi connectivity index (χ1) is 7.52. The van der Waals surface area contributed by atoms with Gasteiger partial charge in [0.15, 0.2) is 0 Å². The van der Waals surface area contributed by atoms with E-state index in [9.17, 15) is 8.78 Å². The molecule has 86 valence electrons. The lowest BCUT2D eigenvalue weighted by Crippen LogP contribution is -2.30. The summed E-state index contributed by atoms with van der Waals surface area (Å²) in [7, 11) is 1.90. The highest BCUT2D eigenvalue weighted by Gasteiger charge is 2.26. The molecule has 0 fully saturated rings. The SMILES string of the molecule is Cn1ccc2ccc(CC(F)(F)CN)cc21. The van der Waals surface area contributed by atoms with Gasteiger partial charge in [-0.25, -0.2) is 8.78 Å². The molecule has 0 spiro atoms. The summed E-state index contributed by atoms with van der Waals surface area (Å²) in [6.07, 6.45) is 1.61. The van der Waals surface area contributed by atoms with Gasteiger partial charge < -0.3 is 10.3 Å². The summed E-state index contributed by atoms with van der Waals surface area (Å²) >= 11 is 0. The molecule has 2 aromatic rings. The third-order valence-corrected chi connectivity index (χ3v) is 2.71. The van der Waals surface area contributed by atoms with Crippen LogP contribution in [0.4, 0.5) is 8.78 Å². The van der Waals surface area contributed by atoms with Crippen LogP contribution < -0.4 is 5.73 Å². The molecule has 0 saturated heterocycles. The third-order valence-electron chi connectivity index (χ3n) is 2.71. The average molecular weight is 224 g/mol. The van der Waals surface area contributed by atoms with Gasteiger partial charge in [0.05, 0.1) is 6.54 Å². The monoisotopic (exact) mass is 224 g/mol. The Kier molecular flexibility index (Phi) is 2.68. The molecule has 0 bridgehead atoms. The zero-order valence-corrected chi connectivity index (χ0v) is 9.08. The van der Waals surface area contributed by atoms with E-state index in [1.165, 1.54) is 0 Å². The number of alkyl halides is 2. The molecule has 0 amide bonds. The molecule has 1 heterocycles. The highest BCUT2D eigenvalue weighted by Crippen LogP contribution is 2.22. The predicted molar refractivity (Wildman–Crippen MR) is 60.6 cm³/mol.